The largest absolute Gasteiger partial charge is 0.695 e. The number of primary amides is 1. The van der Waals surface area contributed by atoms with Crippen molar-refractivity contribution < 1.29 is 92.0 Å². The Balaban J connectivity index is 3.47. The van der Waals surface area contributed by atoms with Crippen LogP contribution in [0.3, 0.4) is 0 Å². The van der Waals surface area contributed by atoms with Crippen molar-refractivity contribution in [2.24, 2.45) is 17.2 Å². The number of carboxylic acids is 1. The van der Waals surface area contributed by atoms with Crippen molar-refractivity contribution in [1.82, 2.24) is 15.5 Å². The molecule has 14 N–H and O–H groups in total. The number of hydrogen-bond acceptors (Lipinski definition) is 19. The van der Waals surface area contributed by atoms with Crippen molar-refractivity contribution in [2.45, 2.75) is 306 Å². The number of carbonyl (C=O) groups excluding carboxylic acids is 6. The van der Waals surface area contributed by atoms with Gasteiger partial charge >= 0.3 is 26.2 Å². The number of carbonyl (C=O) groups is 7. The summed E-state index contributed by atoms with van der Waals surface area (Å²) in [4.78, 5) is 105. The van der Waals surface area contributed by atoms with E-state index in [4.69, 9.17) is 40.7 Å². The second-order valence-electron chi connectivity index (χ2n) is 23.0. The quantitative estimate of drug-likeness (QED) is 0.0210. The van der Waals surface area contributed by atoms with Crippen LogP contribution in [0.5, 0.6) is 0 Å². The molecule has 0 aliphatic carbocycles. The summed E-state index contributed by atoms with van der Waals surface area (Å²) >= 11 is 0. The Kier molecular flexibility index (Phi) is 42.9. The minimum absolute atomic E-state index is 0.111. The molecular formula is C59H110N6O19P+. The van der Waals surface area contributed by atoms with Gasteiger partial charge in [0.05, 0.1) is 19.3 Å². The number of aliphatic hydroxyl groups is 4. The monoisotopic (exact) mass is 1240 g/mol. The third-order valence-electron chi connectivity index (χ3n) is 15.6. The number of rotatable bonds is 52. The maximum absolute atomic E-state index is 14.9. The first-order valence-electron chi connectivity index (χ1n) is 31.5. The van der Waals surface area contributed by atoms with E-state index in [0.29, 0.717) is 25.7 Å². The number of amides is 4. The Hall–Kier alpha value is -4.01. The summed E-state index contributed by atoms with van der Waals surface area (Å²) in [6, 6.07) is -4.71. The number of aliphatic carboxylic acids is 1. The van der Waals surface area contributed by atoms with Crippen LogP contribution in [-0.2, 0) is 61.6 Å². The molecule has 1 aliphatic heterocycles. The molecular weight excluding hydrogens is 1130 g/mol. The molecule has 1 heterocycles. The van der Waals surface area contributed by atoms with E-state index in [1.807, 2.05) is 0 Å². The van der Waals surface area contributed by atoms with Crippen LogP contribution in [0.25, 0.3) is 0 Å². The molecule has 1 fully saturated rings. The number of carboxylic acid groups (broad SMARTS) is 1. The number of unbranched alkanes of at least 4 members (excludes halogenated alkanes) is 24. The highest BCUT2D eigenvalue weighted by atomic mass is 31.1. The van der Waals surface area contributed by atoms with E-state index < -0.39 is 168 Å². The number of nitrogens with zero attached hydrogens (tertiary/aromatic N) is 1. The Morgan fingerprint density at radius 2 is 1.18 bits per heavy atom. The molecule has 0 aromatic carbocycles. The molecule has 0 saturated carbocycles. The smallest absolute Gasteiger partial charge is 0.480 e. The van der Waals surface area contributed by atoms with Gasteiger partial charge in [0.15, 0.2) is 18.5 Å². The topological polar surface area (TPSA) is 409 Å². The molecule has 0 radical (unpaired) electrons. The van der Waals surface area contributed by atoms with E-state index in [-0.39, 0.29) is 12.8 Å². The van der Waals surface area contributed by atoms with Gasteiger partial charge in [0.25, 0.3) is 0 Å². The summed E-state index contributed by atoms with van der Waals surface area (Å²) in [6.45, 7) is 5.25. The van der Waals surface area contributed by atoms with E-state index in [1.54, 1.807) is 0 Å². The molecule has 85 heavy (non-hydrogen) atoms. The lowest BCUT2D eigenvalue weighted by atomic mass is 9.82. The van der Waals surface area contributed by atoms with E-state index in [9.17, 15) is 68.6 Å². The number of nitrogens with one attached hydrogen (secondary N) is 2. The van der Waals surface area contributed by atoms with Crippen molar-refractivity contribution in [3.63, 3.8) is 0 Å². The van der Waals surface area contributed by atoms with Crippen LogP contribution in [0.15, 0.2) is 0 Å². The molecule has 4 amide bonds. The third kappa shape index (κ3) is 32.7. The molecule has 0 bridgehead atoms. The fraction of sp³-hybridized carbons (Fsp3) is 0.881. The predicted octanol–water partition coefficient (Wildman–Crippen LogP) is 5.25. The molecule has 26 heteroatoms. The highest BCUT2D eigenvalue weighted by Crippen LogP contribution is 2.30. The van der Waals surface area contributed by atoms with Gasteiger partial charge in [0.2, 0.25) is 23.6 Å². The van der Waals surface area contributed by atoms with E-state index in [0.717, 1.165) is 69.6 Å². The molecule has 0 aromatic heterocycles. The van der Waals surface area contributed by atoms with E-state index in [2.05, 4.69) is 24.5 Å². The van der Waals surface area contributed by atoms with Crippen molar-refractivity contribution in [3.05, 3.63) is 0 Å². The summed E-state index contributed by atoms with van der Waals surface area (Å²) in [6.07, 6.45) is 12.1. The van der Waals surface area contributed by atoms with Gasteiger partial charge in [-0.3, -0.25) is 28.8 Å². The van der Waals surface area contributed by atoms with Crippen LogP contribution in [0.1, 0.15) is 234 Å². The van der Waals surface area contributed by atoms with Gasteiger partial charge in [-0.15, -0.1) is 9.42 Å². The fourth-order valence-electron chi connectivity index (χ4n) is 10.5. The van der Waals surface area contributed by atoms with Crippen molar-refractivity contribution in [2.75, 3.05) is 26.3 Å². The van der Waals surface area contributed by atoms with Crippen molar-refractivity contribution in [1.29, 1.82) is 0 Å². The van der Waals surface area contributed by atoms with Crippen LogP contribution in [0.2, 0.25) is 0 Å². The normalized spacial score (nSPS) is 20.0. The van der Waals surface area contributed by atoms with Gasteiger partial charge in [-0.1, -0.05) is 168 Å². The van der Waals surface area contributed by atoms with Gasteiger partial charge in [0, 0.05) is 50.3 Å². The summed E-state index contributed by atoms with van der Waals surface area (Å²) in [7, 11) is -3.39. The van der Waals surface area contributed by atoms with E-state index in [1.165, 1.54) is 97.3 Å². The van der Waals surface area contributed by atoms with Crippen LogP contribution >= 0.6 is 8.25 Å². The molecule has 25 nitrogen and oxygen atoms in total. The third-order valence-corrected chi connectivity index (χ3v) is 16.0. The first-order valence-corrected chi connectivity index (χ1v) is 32.6. The van der Waals surface area contributed by atoms with Crippen LogP contribution in [-0.4, -0.2) is 176 Å². The standard InChI is InChI=1S/C59H109N6O19P/c1-6-8-10-12-14-16-18-20-22-24-26-28-30-32-49(70)81-47(40-67)54(83-50(71)33-31-29-27-25-23-21-19-17-15-13-11-9-7-2)59(62,36-44(37-60)84-85(78)79)58(77)64-45(55(61)73)34-35-48(69)65(42(4)56(74)75)38-41(3)80-53-51(63-43(5)68)57(76)82-46(39-66)52(53)72/h41-42,44-47,51-54,57,66-67,72,76H,6-40,60,62H2,1-5H3,(H5-,61,63,64,68,73,74,75,77,78,79)/p+1/t41?,42-,44?,45+,46+,47-,51+,52+,53+,54?,57-,59+/m0/s1. The summed E-state index contributed by atoms with van der Waals surface area (Å²) < 4.78 is 40.0. The average Bonchev–Trinajstić information content (AvgIpc) is 2.32. The molecule has 0 aromatic rings. The summed E-state index contributed by atoms with van der Waals surface area (Å²) in [5, 5.41) is 57.1. The molecule has 0 spiro atoms. The lowest BCUT2D eigenvalue weighted by Gasteiger charge is -2.43. The highest BCUT2D eigenvalue weighted by molar-refractivity contribution is 7.32. The number of nitrogens with two attached hydrogens (primary N) is 3. The Morgan fingerprint density at radius 3 is 1.58 bits per heavy atom. The number of ether oxygens (including phenoxy) is 4. The number of hydrogen-bond donors (Lipinski definition) is 11. The zero-order chi connectivity index (χ0) is 63.7. The number of aliphatic hydroxyl groups excluding tert-OH is 4. The molecule has 4 unspecified atom stereocenters. The van der Waals surface area contributed by atoms with Crippen LogP contribution in [0.4, 0.5) is 0 Å². The SMILES string of the molecule is CCCCCCCCCCCCCCCC(=O)OC([C@H](CO)OC(=O)CCCCCCCCCCCCCCC)[C@](N)(CC(CN)O[P+](=O)O)C(=O)N[C@H](CCC(=O)N(CC(C)O[C@H]1[C@H](O)[C@@H](CO)O[C@H](O)[C@@H]1NC(C)=O)[C@@H](C)C(=O)O)C(N)=O. The second-order valence-corrected chi connectivity index (χ2v) is 23.6. The second kappa shape index (κ2) is 46.2. The van der Waals surface area contributed by atoms with Gasteiger partial charge < -0.3 is 77.2 Å². The molecule has 1 saturated heterocycles. The Bertz CT molecular complexity index is 1930. The summed E-state index contributed by atoms with van der Waals surface area (Å²) in [5.41, 5.74) is 16.0. The first kappa shape index (κ1) is 79.0. The maximum Gasteiger partial charge on any atom is 0.695 e. The van der Waals surface area contributed by atoms with Gasteiger partial charge in [-0.25, -0.2) is 4.79 Å². The van der Waals surface area contributed by atoms with Gasteiger partial charge in [-0.05, 0) is 33.1 Å². The minimum atomic E-state index is -3.39. The maximum atomic E-state index is 14.9. The number of esters is 2. The Morgan fingerprint density at radius 1 is 0.718 bits per heavy atom. The zero-order valence-corrected chi connectivity index (χ0v) is 52.6. The fourth-order valence-corrected chi connectivity index (χ4v) is 11.0. The minimum Gasteiger partial charge on any atom is -0.480 e. The molecule has 1 aliphatic rings. The molecule has 494 valence electrons. The van der Waals surface area contributed by atoms with Crippen molar-refractivity contribution in [3.8, 4) is 0 Å². The van der Waals surface area contributed by atoms with Gasteiger partial charge in [0.1, 0.15) is 48.1 Å². The predicted molar refractivity (Wildman–Crippen MR) is 318 cm³/mol. The summed E-state index contributed by atoms with van der Waals surface area (Å²) in [5.74, 6) is -7.30. The Labute approximate surface area is 505 Å². The van der Waals surface area contributed by atoms with Gasteiger partial charge in [-0.2, -0.15) is 0 Å². The lowest BCUT2D eigenvalue weighted by Crippen LogP contribution is -2.69. The lowest BCUT2D eigenvalue weighted by molar-refractivity contribution is -0.268. The van der Waals surface area contributed by atoms with Crippen molar-refractivity contribution >= 4 is 49.8 Å². The highest BCUT2D eigenvalue weighted by Gasteiger charge is 2.53. The average molecular weight is 1240 g/mol. The van der Waals surface area contributed by atoms with E-state index >= 15 is 0 Å². The first-order chi connectivity index (χ1) is 40.5. The zero-order valence-electron chi connectivity index (χ0n) is 51.7. The van der Waals surface area contributed by atoms with Crippen LogP contribution < -0.4 is 27.8 Å². The molecule has 1 rings (SSSR count). The molecule has 13 atom stereocenters. The van der Waals surface area contributed by atoms with Crippen LogP contribution in [0, 0.1) is 0 Å².